The summed E-state index contributed by atoms with van der Waals surface area (Å²) >= 11 is 6.15. The highest BCUT2D eigenvalue weighted by atomic mass is 35.5. The fraction of sp³-hybridized carbons (Fsp3) is 0.273. The van der Waals surface area contributed by atoms with Gasteiger partial charge in [0.05, 0.1) is 17.7 Å². The predicted octanol–water partition coefficient (Wildman–Crippen LogP) is 5.10. The van der Waals surface area contributed by atoms with E-state index in [0.29, 0.717) is 28.6 Å². The standard InChI is InChI=1S/C22H22ClN3O2/c1-22(2,3)20-17(12-24)19(25-21(27)26-20)14-8-10-16(11-9-14)28-13-15-6-4-5-7-18(15)23/h4-11,19H,13H2,1-3H3,(H2,25,26,27)/t19-/m0/s1. The van der Waals surface area contributed by atoms with Crippen molar-refractivity contribution in [2.24, 2.45) is 5.41 Å². The summed E-state index contributed by atoms with van der Waals surface area (Å²) in [7, 11) is 0. The second-order valence-corrected chi connectivity index (χ2v) is 8.04. The van der Waals surface area contributed by atoms with Gasteiger partial charge in [-0.3, -0.25) is 0 Å². The molecule has 0 aliphatic carbocycles. The summed E-state index contributed by atoms with van der Waals surface area (Å²) in [5, 5.41) is 16.0. The van der Waals surface area contributed by atoms with Crippen molar-refractivity contribution in [3.05, 3.63) is 76.0 Å². The van der Waals surface area contributed by atoms with E-state index in [2.05, 4.69) is 16.7 Å². The van der Waals surface area contributed by atoms with E-state index in [-0.39, 0.29) is 11.4 Å². The number of nitrogens with zero attached hydrogens (tertiary/aromatic N) is 1. The Morgan fingerprint density at radius 3 is 2.43 bits per heavy atom. The predicted molar refractivity (Wildman–Crippen MR) is 109 cm³/mol. The second kappa shape index (κ2) is 7.95. The minimum atomic E-state index is -0.495. The molecule has 0 aromatic heterocycles. The van der Waals surface area contributed by atoms with E-state index in [1.807, 2.05) is 69.3 Å². The second-order valence-electron chi connectivity index (χ2n) is 7.63. The largest absolute Gasteiger partial charge is 0.489 e. The number of nitrogens with one attached hydrogen (secondary N) is 2. The van der Waals surface area contributed by atoms with E-state index < -0.39 is 6.04 Å². The number of urea groups is 1. The third-order valence-electron chi connectivity index (χ3n) is 4.51. The van der Waals surface area contributed by atoms with Crippen LogP contribution >= 0.6 is 11.6 Å². The number of benzene rings is 2. The van der Waals surface area contributed by atoms with E-state index in [4.69, 9.17) is 16.3 Å². The highest BCUT2D eigenvalue weighted by molar-refractivity contribution is 6.31. The number of nitriles is 1. The van der Waals surface area contributed by atoms with Crippen molar-refractivity contribution in [3.8, 4) is 11.8 Å². The molecule has 0 bridgehead atoms. The molecule has 1 atom stereocenters. The van der Waals surface area contributed by atoms with Crippen LogP contribution in [0.4, 0.5) is 4.79 Å². The molecule has 2 aromatic carbocycles. The molecule has 1 heterocycles. The molecule has 28 heavy (non-hydrogen) atoms. The Bertz CT molecular complexity index is 953. The van der Waals surface area contributed by atoms with E-state index in [0.717, 1.165) is 11.1 Å². The maximum atomic E-state index is 12.1. The topological polar surface area (TPSA) is 74.1 Å². The fourth-order valence-corrected chi connectivity index (χ4v) is 3.25. The zero-order valence-corrected chi connectivity index (χ0v) is 16.8. The molecule has 0 saturated heterocycles. The molecule has 0 spiro atoms. The first-order valence-corrected chi connectivity index (χ1v) is 9.36. The summed E-state index contributed by atoms with van der Waals surface area (Å²) in [5.41, 5.74) is 2.53. The maximum Gasteiger partial charge on any atom is 0.319 e. The summed E-state index contributed by atoms with van der Waals surface area (Å²) in [6.07, 6.45) is 0. The van der Waals surface area contributed by atoms with Crippen LogP contribution in [0, 0.1) is 16.7 Å². The van der Waals surface area contributed by atoms with Gasteiger partial charge in [-0.15, -0.1) is 0 Å². The quantitative estimate of drug-likeness (QED) is 0.756. The summed E-state index contributed by atoms with van der Waals surface area (Å²) in [4.78, 5) is 12.1. The average Bonchev–Trinajstić information content (AvgIpc) is 2.66. The van der Waals surface area contributed by atoms with E-state index in [1.165, 1.54) is 0 Å². The number of amides is 2. The molecule has 6 heteroatoms. The van der Waals surface area contributed by atoms with Crippen LogP contribution in [-0.2, 0) is 6.61 Å². The van der Waals surface area contributed by atoms with Gasteiger partial charge in [0, 0.05) is 21.7 Å². The molecule has 2 amide bonds. The molecular weight excluding hydrogens is 374 g/mol. The van der Waals surface area contributed by atoms with Crippen LogP contribution < -0.4 is 15.4 Å². The van der Waals surface area contributed by atoms with Crippen molar-refractivity contribution < 1.29 is 9.53 Å². The van der Waals surface area contributed by atoms with Gasteiger partial charge in [-0.1, -0.05) is 62.7 Å². The van der Waals surface area contributed by atoms with Crippen molar-refractivity contribution >= 4 is 17.6 Å². The fourth-order valence-electron chi connectivity index (χ4n) is 3.06. The van der Waals surface area contributed by atoms with E-state index in [1.54, 1.807) is 0 Å². The molecule has 0 fully saturated rings. The summed E-state index contributed by atoms with van der Waals surface area (Å²) in [6.45, 7) is 6.26. The molecule has 0 saturated carbocycles. The number of carbonyl (C=O) groups is 1. The number of hydrogen-bond acceptors (Lipinski definition) is 3. The Labute approximate surface area is 170 Å². The zero-order valence-electron chi connectivity index (χ0n) is 16.0. The number of allylic oxidation sites excluding steroid dienone is 1. The lowest BCUT2D eigenvalue weighted by Crippen LogP contribution is -2.46. The van der Waals surface area contributed by atoms with Gasteiger partial charge in [-0.25, -0.2) is 4.79 Å². The summed E-state index contributed by atoms with van der Waals surface area (Å²) in [6, 6.07) is 16.3. The highest BCUT2D eigenvalue weighted by Gasteiger charge is 2.33. The molecule has 5 nitrogen and oxygen atoms in total. The van der Waals surface area contributed by atoms with Crippen molar-refractivity contribution in [2.75, 3.05) is 0 Å². The minimum Gasteiger partial charge on any atom is -0.489 e. The van der Waals surface area contributed by atoms with Crippen molar-refractivity contribution in [2.45, 2.75) is 33.4 Å². The summed E-state index contributed by atoms with van der Waals surface area (Å²) in [5.74, 6) is 0.683. The smallest absolute Gasteiger partial charge is 0.319 e. The minimum absolute atomic E-state index is 0.312. The van der Waals surface area contributed by atoms with Crippen LogP contribution in [0.3, 0.4) is 0 Å². The monoisotopic (exact) mass is 395 g/mol. The van der Waals surface area contributed by atoms with Crippen LogP contribution in [0.1, 0.15) is 37.9 Å². The molecule has 3 rings (SSSR count). The number of carbonyl (C=O) groups excluding carboxylic acids is 1. The average molecular weight is 396 g/mol. The van der Waals surface area contributed by atoms with Gasteiger partial charge in [-0.05, 0) is 23.8 Å². The van der Waals surface area contributed by atoms with Crippen LogP contribution in [0.5, 0.6) is 5.75 Å². The first-order valence-electron chi connectivity index (χ1n) is 8.98. The maximum absolute atomic E-state index is 12.1. The molecule has 1 aliphatic rings. The number of hydrogen-bond donors (Lipinski definition) is 2. The lowest BCUT2D eigenvalue weighted by molar-refractivity contribution is 0.235. The molecule has 0 radical (unpaired) electrons. The first-order chi connectivity index (χ1) is 13.3. The van der Waals surface area contributed by atoms with Crippen LogP contribution in [0.15, 0.2) is 59.8 Å². The number of ether oxygens (including phenoxy) is 1. The molecule has 1 aliphatic heterocycles. The van der Waals surface area contributed by atoms with Crippen molar-refractivity contribution in [1.82, 2.24) is 10.6 Å². The van der Waals surface area contributed by atoms with Gasteiger partial charge >= 0.3 is 6.03 Å². The molecule has 0 unspecified atom stereocenters. The Balaban J connectivity index is 1.81. The number of rotatable bonds is 4. The third-order valence-corrected chi connectivity index (χ3v) is 4.88. The van der Waals surface area contributed by atoms with Crippen molar-refractivity contribution in [3.63, 3.8) is 0 Å². The lowest BCUT2D eigenvalue weighted by atomic mass is 9.84. The van der Waals surface area contributed by atoms with Gasteiger partial charge in [-0.2, -0.15) is 5.26 Å². The first kappa shape index (κ1) is 19.8. The molecular formula is C22H22ClN3O2. The molecule has 2 N–H and O–H groups in total. The van der Waals surface area contributed by atoms with Gasteiger partial charge in [0.2, 0.25) is 0 Å². The number of halogens is 1. The Morgan fingerprint density at radius 2 is 1.82 bits per heavy atom. The SMILES string of the molecule is CC(C)(C)C1=C(C#N)[C@H](c2ccc(OCc3ccccc3Cl)cc2)NC(=O)N1. The zero-order chi connectivity index (χ0) is 20.3. The van der Waals surface area contributed by atoms with Crippen molar-refractivity contribution in [1.29, 1.82) is 5.26 Å². The van der Waals surface area contributed by atoms with Gasteiger partial charge in [0.15, 0.2) is 0 Å². The van der Waals surface area contributed by atoms with E-state index in [9.17, 15) is 10.1 Å². The Kier molecular flexibility index (Phi) is 5.62. The van der Waals surface area contributed by atoms with Crippen LogP contribution in [-0.4, -0.2) is 6.03 Å². The van der Waals surface area contributed by atoms with Gasteiger partial charge in [0.1, 0.15) is 12.4 Å². The molecule has 2 aromatic rings. The van der Waals surface area contributed by atoms with Gasteiger partial charge < -0.3 is 15.4 Å². The lowest BCUT2D eigenvalue weighted by Gasteiger charge is -2.33. The third kappa shape index (κ3) is 4.29. The van der Waals surface area contributed by atoms with Crippen LogP contribution in [0.2, 0.25) is 5.02 Å². The van der Waals surface area contributed by atoms with Crippen LogP contribution in [0.25, 0.3) is 0 Å². The highest BCUT2D eigenvalue weighted by Crippen LogP contribution is 2.34. The normalized spacial score (nSPS) is 16.8. The Morgan fingerprint density at radius 1 is 1.14 bits per heavy atom. The summed E-state index contributed by atoms with van der Waals surface area (Å²) < 4.78 is 5.80. The molecule has 144 valence electrons. The van der Waals surface area contributed by atoms with E-state index >= 15 is 0 Å². The van der Waals surface area contributed by atoms with Gasteiger partial charge in [0.25, 0.3) is 0 Å². The Hall–Kier alpha value is -2.97.